The maximum Gasteiger partial charge on any atom is -0.0184 e. The van der Waals surface area contributed by atoms with Crippen molar-refractivity contribution >= 4 is 48.6 Å². The summed E-state index contributed by atoms with van der Waals surface area (Å²) in [4.78, 5) is 0. The van der Waals surface area contributed by atoms with Crippen molar-refractivity contribution in [2.75, 3.05) is 0 Å². The van der Waals surface area contributed by atoms with Crippen LogP contribution in [-0.4, -0.2) is 0 Å². The van der Waals surface area contributed by atoms with E-state index in [0.29, 0.717) is 0 Å². The average Bonchev–Trinajstić information content (AvgIpc) is 2.85. The maximum atomic E-state index is 2.21. The van der Waals surface area contributed by atoms with Gasteiger partial charge in [-0.2, -0.15) is 0 Å². The van der Waals surface area contributed by atoms with Crippen molar-refractivity contribution in [3.8, 4) is 0 Å². The number of hydrogen-bond acceptors (Lipinski definition) is 0. The molecule has 1 aliphatic rings. The monoisotopic (exact) mass is 408 g/mol. The molecule has 0 heterocycles. The quantitative estimate of drug-likeness (QED) is 0.240. The van der Waals surface area contributed by atoms with Crippen molar-refractivity contribution in [2.24, 2.45) is 0 Å². The van der Waals surface area contributed by atoms with Crippen LogP contribution in [0, 0.1) is 0 Å². The standard InChI is InChI=1S/C32H24/c1-2-10-26-19-20-28-12-5-6-14-30(28)23-24-32-16-8-7-15-31(32)22-21-29-13-4-3-11-27(29)18-17-25(26)9-1/h1-24H/b18-17-,20-19+,22-21+,24-23-,25-17?,26-19?,27-18?,28-20?,29-21?,30-23?,31-22?,32-24?. The van der Waals surface area contributed by atoms with Crippen LogP contribution in [0.2, 0.25) is 0 Å². The summed E-state index contributed by atoms with van der Waals surface area (Å²) in [5.74, 6) is 0. The first-order chi connectivity index (χ1) is 15.9. The fourth-order valence-electron chi connectivity index (χ4n) is 3.98. The average molecular weight is 409 g/mol. The molecule has 0 N–H and O–H groups in total. The Morgan fingerprint density at radius 3 is 0.438 bits per heavy atom. The predicted molar refractivity (Wildman–Crippen MR) is 141 cm³/mol. The second-order valence-corrected chi connectivity index (χ2v) is 7.85. The van der Waals surface area contributed by atoms with Gasteiger partial charge in [-0.15, -0.1) is 0 Å². The molecule has 0 amide bonds. The van der Waals surface area contributed by atoms with Gasteiger partial charge in [0.25, 0.3) is 0 Å². The lowest BCUT2D eigenvalue weighted by Gasteiger charge is -2.06. The lowest BCUT2D eigenvalue weighted by atomic mass is 9.99. The molecule has 152 valence electrons. The first kappa shape index (κ1) is 19.8. The minimum atomic E-state index is 1.20. The summed E-state index contributed by atoms with van der Waals surface area (Å²) in [5.41, 5.74) is 9.61. The maximum absolute atomic E-state index is 2.21. The van der Waals surface area contributed by atoms with Gasteiger partial charge >= 0.3 is 0 Å². The minimum absolute atomic E-state index is 1.20. The third-order valence-electron chi connectivity index (χ3n) is 5.75. The lowest BCUT2D eigenvalue weighted by Crippen LogP contribution is -1.85. The Hall–Kier alpha value is -4.16. The van der Waals surface area contributed by atoms with Gasteiger partial charge < -0.3 is 0 Å². The Bertz CT molecular complexity index is 1050. The molecule has 0 atom stereocenters. The highest BCUT2D eigenvalue weighted by Crippen LogP contribution is 2.23. The zero-order valence-electron chi connectivity index (χ0n) is 17.9. The molecule has 0 unspecified atom stereocenters. The van der Waals surface area contributed by atoms with E-state index in [1.54, 1.807) is 0 Å². The zero-order chi connectivity index (χ0) is 21.6. The highest BCUT2D eigenvalue weighted by atomic mass is 14.1. The summed E-state index contributed by atoms with van der Waals surface area (Å²) >= 11 is 0. The van der Waals surface area contributed by atoms with Crippen LogP contribution >= 0.6 is 0 Å². The Balaban J connectivity index is 1.69. The van der Waals surface area contributed by atoms with Gasteiger partial charge in [-0.1, -0.05) is 146 Å². The van der Waals surface area contributed by atoms with E-state index >= 15 is 0 Å². The largest absolute Gasteiger partial charge is 0.0616 e. The summed E-state index contributed by atoms with van der Waals surface area (Å²) in [6, 6.07) is 34.1. The Morgan fingerprint density at radius 1 is 0.188 bits per heavy atom. The molecule has 0 radical (unpaired) electrons. The molecule has 0 bridgehead atoms. The molecule has 5 rings (SSSR count). The van der Waals surface area contributed by atoms with E-state index in [-0.39, 0.29) is 0 Å². The summed E-state index contributed by atoms with van der Waals surface area (Å²) in [6.07, 6.45) is 17.7. The predicted octanol–water partition coefficient (Wildman–Crippen LogP) is 8.68. The third-order valence-corrected chi connectivity index (χ3v) is 5.75. The molecule has 4 aromatic rings. The Morgan fingerprint density at radius 2 is 0.312 bits per heavy atom. The van der Waals surface area contributed by atoms with Gasteiger partial charge in [0, 0.05) is 0 Å². The molecular formula is C32H24. The second kappa shape index (κ2) is 9.32. The van der Waals surface area contributed by atoms with E-state index in [9.17, 15) is 0 Å². The van der Waals surface area contributed by atoms with E-state index < -0.39 is 0 Å². The molecule has 0 saturated carbocycles. The highest BCUT2D eigenvalue weighted by molar-refractivity contribution is 5.87. The third kappa shape index (κ3) is 4.45. The van der Waals surface area contributed by atoms with E-state index in [2.05, 4.69) is 146 Å². The molecule has 4 aromatic carbocycles. The smallest absolute Gasteiger partial charge is 0.0184 e. The lowest BCUT2D eigenvalue weighted by molar-refractivity contribution is 1.58. The molecule has 0 aromatic heterocycles. The normalized spacial score (nSPS) is 16.5. The van der Waals surface area contributed by atoms with Crippen molar-refractivity contribution in [3.63, 3.8) is 0 Å². The van der Waals surface area contributed by atoms with Crippen molar-refractivity contribution in [2.45, 2.75) is 0 Å². The van der Waals surface area contributed by atoms with E-state index in [0.717, 1.165) is 0 Å². The van der Waals surface area contributed by atoms with E-state index in [1.807, 2.05) is 0 Å². The van der Waals surface area contributed by atoms with Crippen molar-refractivity contribution in [3.05, 3.63) is 142 Å². The van der Waals surface area contributed by atoms with Crippen LogP contribution < -0.4 is 0 Å². The van der Waals surface area contributed by atoms with Crippen LogP contribution in [0.25, 0.3) is 48.6 Å². The summed E-state index contributed by atoms with van der Waals surface area (Å²) in [7, 11) is 0. The second-order valence-electron chi connectivity index (χ2n) is 7.85. The van der Waals surface area contributed by atoms with Crippen LogP contribution in [0.1, 0.15) is 44.5 Å². The molecule has 32 heavy (non-hydrogen) atoms. The fraction of sp³-hybridized carbons (Fsp3) is 0. The SMILES string of the molecule is C1=C\c2ccccc2/C=C/c2ccccc2/C=C\c2ccccc2/C=C/c2ccccc2/1. The summed E-state index contributed by atoms with van der Waals surface area (Å²) in [5, 5.41) is 0. The first-order valence-corrected chi connectivity index (χ1v) is 11.0. The van der Waals surface area contributed by atoms with Crippen molar-refractivity contribution in [1.29, 1.82) is 0 Å². The van der Waals surface area contributed by atoms with Gasteiger partial charge in [-0.3, -0.25) is 0 Å². The topological polar surface area (TPSA) is 0 Å². The van der Waals surface area contributed by atoms with Gasteiger partial charge in [0.2, 0.25) is 0 Å². The highest BCUT2D eigenvalue weighted by Gasteiger charge is 2.01. The minimum Gasteiger partial charge on any atom is -0.0616 e. The number of hydrogen-bond donors (Lipinski definition) is 0. The molecule has 0 heteroatoms. The van der Waals surface area contributed by atoms with Crippen LogP contribution in [-0.2, 0) is 0 Å². The summed E-state index contributed by atoms with van der Waals surface area (Å²) < 4.78 is 0. The molecule has 0 spiro atoms. The first-order valence-electron chi connectivity index (χ1n) is 11.0. The Kier molecular flexibility index (Phi) is 5.76. The molecule has 1 aliphatic carbocycles. The van der Waals surface area contributed by atoms with Gasteiger partial charge in [-0.05, 0) is 44.5 Å². The van der Waals surface area contributed by atoms with Crippen LogP contribution in [0.5, 0.6) is 0 Å². The summed E-state index contributed by atoms with van der Waals surface area (Å²) in [6.45, 7) is 0. The number of rotatable bonds is 0. The number of fused-ring (bicyclic) bond motifs is 4. The molecule has 0 aliphatic heterocycles. The molecule has 0 fully saturated rings. The molecule has 0 saturated heterocycles. The van der Waals surface area contributed by atoms with E-state index in [4.69, 9.17) is 0 Å². The van der Waals surface area contributed by atoms with Crippen LogP contribution in [0.15, 0.2) is 97.1 Å². The zero-order valence-corrected chi connectivity index (χ0v) is 17.9. The van der Waals surface area contributed by atoms with Gasteiger partial charge in [0.15, 0.2) is 0 Å². The number of benzene rings is 4. The molecular weight excluding hydrogens is 384 g/mol. The van der Waals surface area contributed by atoms with Gasteiger partial charge in [0.1, 0.15) is 0 Å². The fourth-order valence-corrected chi connectivity index (χ4v) is 3.98. The molecule has 0 nitrogen and oxygen atoms in total. The van der Waals surface area contributed by atoms with E-state index in [1.165, 1.54) is 44.5 Å². The van der Waals surface area contributed by atoms with Crippen LogP contribution in [0.4, 0.5) is 0 Å². The van der Waals surface area contributed by atoms with Gasteiger partial charge in [-0.25, -0.2) is 0 Å². The van der Waals surface area contributed by atoms with Gasteiger partial charge in [0.05, 0.1) is 0 Å². The Labute approximate surface area is 190 Å². The van der Waals surface area contributed by atoms with Crippen molar-refractivity contribution < 1.29 is 0 Å². The van der Waals surface area contributed by atoms with Crippen molar-refractivity contribution in [1.82, 2.24) is 0 Å². The van der Waals surface area contributed by atoms with Crippen LogP contribution in [0.3, 0.4) is 0 Å².